The highest BCUT2D eigenvalue weighted by atomic mass is 32.2. The van der Waals surface area contributed by atoms with E-state index in [0.717, 1.165) is 29.5 Å². The summed E-state index contributed by atoms with van der Waals surface area (Å²) in [5.41, 5.74) is 0. The molecule has 0 aromatic carbocycles. The van der Waals surface area contributed by atoms with Gasteiger partial charge >= 0.3 is 5.97 Å². The van der Waals surface area contributed by atoms with E-state index in [1.165, 1.54) is 11.3 Å². The Morgan fingerprint density at radius 3 is 3.06 bits per heavy atom. The number of thioether (sulfide) groups is 1. The van der Waals surface area contributed by atoms with Gasteiger partial charge in [-0.2, -0.15) is 11.8 Å². The molecule has 0 aliphatic heterocycles. The number of carbonyl (C=O) groups is 1. The van der Waals surface area contributed by atoms with Crippen LogP contribution in [0.15, 0.2) is 24.8 Å². The minimum atomic E-state index is -0.849. The third-order valence-corrected chi connectivity index (χ3v) is 3.87. The Bertz CT molecular complexity index is 350. The largest absolute Gasteiger partial charge is 0.477 e. The number of aromatic carboxylic acids is 1. The van der Waals surface area contributed by atoms with E-state index in [2.05, 4.69) is 11.9 Å². The highest BCUT2D eigenvalue weighted by Crippen LogP contribution is 2.15. The highest BCUT2D eigenvalue weighted by Gasteiger charge is 2.05. The lowest BCUT2D eigenvalue weighted by molar-refractivity contribution is 0.0702. The molecule has 2 N–H and O–H groups in total. The third-order valence-electron chi connectivity index (χ3n) is 1.83. The summed E-state index contributed by atoms with van der Waals surface area (Å²) in [4.78, 5) is 12.1. The Kier molecular flexibility index (Phi) is 6.22. The second kappa shape index (κ2) is 7.49. The predicted molar refractivity (Wildman–Crippen MR) is 70.5 cm³/mol. The SMILES string of the molecule is C=CCSCCNCc1ccc(C(=O)O)s1. The molecule has 5 heteroatoms. The van der Waals surface area contributed by atoms with Gasteiger partial charge in [-0.25, -0.2) is 4.79 Å². The fourth-order valence-electron chi connectivity index (χ4n) is 1.11. The standard InChI is InChI=1S/C11H15NO2S2/c1-2-6-15-7-5-12-8-9-3-4-10(16-9)11(13)14/h2-4,12H,1,5-8H2,(H,13,14). The molecule has 0 aliphatic rings. The summed E-state index contributed by atoms with van der Waals surface area (Å²) in [6, 6.07) is 3.51. The van der Waals surface area contributed by atoms with Gasteiger partial charge < -0.3 is 10.4 Å². The predicted octanol–water partition coefficient (Wildman–Crippen LogP) is 2.46. The van der Waals surface area contributed by atoms with E-state index < -0.39 is 5.97 Å². The quantitative estimate of drug-likeness (QED) is 0.555. The smallest absolute Gasteiger partial charge is 0.345 e. The molecule has 1 aromatic heterocycles. The first-order valence-corrected chi connectivity index (χ1v) is 6.92. The lowest BCUT2D eigenvalue weighted by atomic mass is 10.4. The Labute approximate surface area is 104 Å². The van der Waals surface area contributed by atoms with Gasteiger partial charge in [0.2, 0.25) is 0 Å². The van der Waals surface area contributed by atoms with Crippen LogP contribution in [0.3, 0.4) is 0 Å². The number of thiophene rings is 1. The van der Waals surface area contributed by atoms with Crippen molar-refractivity contribution in [3.8, 4) is 0 Å². The zero-order valence-corrected chi connectivity index (χ0v) is 10.6. The molecule has 0 radical (unpaired) electrons. The van der Waals surface area contributed by atoms with Crippen molar-refractivity contribution in [3.63, 3.8) is 0 Å². The van der Waals surface area contributed by atoms with Crippen molar-refractivity contribution >= 4 is 29.1 Å². The average Bonchev–Trinajstić information content (AvgIpc) is 2.72. The van der Waals surface area contributed by atoms with Crippen molar-refractivity contribution in [1.29, 1.82) is 0 Å². The minimum absolute atomic E-state index is 0.401. The number of hydrogen-bond donors (Lipinski definition) is 2. The van der Waals surface area contributed by atoms with Crippen LogP contribution in [0.4, 0.5) is 0 Å². The summed E-state index contributed by atoms with van der Waals surface area (Å²) in [5, 5.41) is 12.0. The molecule has 3 nitrogen and oxygen atoms in total. The van der Waals surface area contributed by atoms with Crippen LogP contribution in [-0.2, 0) is 6.54 Å². The van der Waals surface area contributed by atoms with E-state index in [-0.39, 0.29) is 0 Å². The first kappa shape index (κ1) is 13.3. The number of nitrogens with one attached hydrogen (secondary N) is 1. The van der Waals surface area contributed by atoms with Crippen molar-refractivity contribution in [3.05, 3.63) is 34.5 Å². The third kappa shape index (κ3) is 4.83. The molecule has 0 bridgehead atoms. The Balaban J connectivity index is 2.16. The van der Waals surface area contributed by atoms with Crippen LogP contribution in [-0.4, -0.2) is 29.1 Å². The van der Waals surface area contributed by atoms with Crippen LogP contribution in [0.1, 0.15) is 14.5 Å². The van der Waals surface area contributed by atoms with Gasteiger partial charge in [0.1, 0.15) is 4.88 Å². The van der Waals surface area contributed by atoms with Crippen molar-refractivity contribution in [1.82, 2.24) is 5.32 Å². The van der Waals surface area contributed by atoms with Crippen LogP contribution in [0.2, 0.25) is 0 Å². The summed E-state index contributed by atoms with van der Waals surface area (Å²) in [7, 11) is 0. The van der Waals surface area contributed by atoms with E-state index in [4.69, 9.17) is 5.11 Å². The molecule has 88 valence electrons. The molecule has 0 aliphatic carbocycles. The van der Waals surface area contributed by atoms with Crippen LogP contribution >= 0.6 is 23.1 Å². The van der Waals surface area contributed by atoms with Crippen LogP contribution in [0, 0.1) is 0 Å². The topological polar surface area (TPSA) is 49.3 Å². The van der Waals surface area contributed by atoms with Gasteiger partial charge in [-0.3, -0.25) is 0 Å². The monoisotopic (exact) mass is 257 g/mol. The molecule has 0 amide bonds. The molecule has 0 saturated carbocycles. The summed E-state index contributed by atoms with van der Waals surface area (Å²) < 4.78 is 0. The molecule has 0 spiro atoms. The number of carboxylic acids is 1. The second-order valence-corrected chi connectivity index (χ2v) is 5.43. The Morgan fingerprint density at radius 2 is 2.44 bits per heavy atom. The molecule has 0 fully saturated rings. The number of carboxylic acid groups (broad SMARTS) is 1. The maximum atomic E-state index is 10.6. The summed E-state index contributed by atoms with van der Waals surface area (Å²) in [6.45, 7) is 5.32. The van der Waals surface area contributed by atoms with Crippen LogP contribution in [0.25, 0.3) is 0 Å². The van der Waals surface area contributed by atoms with Gasteiger partial charge in [0.05, 0.1) is 0 Å². The Morgan fingerprint density at radius 1 is 1.62 bits per heavy atom. The van der Waals surface area contributed by atoms with Gasteiger partial charge in [0.25, 0.3) is 0 Å². The van der Waals surface area contributed by atoms with Crippen molar-refractivity contribution in [2.75, 3.05) is 18.1 Å². The van der Waals surface area contributed by atoms with Crippen molar-refractivity contribution in [2.45, 2.75) is 6.54 Å². The van der Waals surface area contributed by atoms with Gasteiger partial charge in [-0.15, -0.1) is 17.9 Å². The zero-order valence-electron chi connectivity index (χ0n) is 8.94. The van der Waals surface area contributed by atoms with Gasteiger partial charge in [0, 0.05) is 29.5 Å². The van der Waals surface area contributed by atoms with E-state index in [1.54, 1.807) is 6.07 Å². The lowest BCUT2D eigenvalue weighted by Gasteiger charge is -2.01. The molecule has 16 heavy (non-hydrogen) atoms. The number of hydrogen-bond acceptors (Lipinski definition) is 4. The van der Waals surface area contributed by atoms with E-state index >= 15 is 0 Å². The zero-order chi connectivity index (χ0) is 11.8. The van der Waals surface area contributed by atoms with Gasteiger partial charge in [-0.05, 0) is 12.1 Å². The minimum Gasteiger partial charge on any atom is -0.477 e. The van der Waals surface area contributed by atoms with Crippen LogP contribution < -0.4 is 5.32 Å². The summed E-state index contributed by atoms with van der Waals surface area (Å²) in [5.74, 6) is 1.17. The fourth-order valence-corrected chi connectivity index (χ4v) is 2.55. The maximum absolute atomic E-state index is 10.6. The molecule has 0 atom stereocenters. The molecule has 0 unspecified atom stereocenters. The Hall–Kier alpha value is -0.780. The van der Waals surface area contributed by atoms with Crippen molar-refractivity contribution in [2.24, 2.45) is 0 Å². The maximum Gasteiger partial charge on any atom is 0.345 e. The molecular weight excluding hydrogens is 242 g/mol. The first-order chi connectivity index (χ1) is 7.74. The molecule has 0 saturated heterocycles. The van der Waals surface area contributed by atoms with E-state index in [0.29, 0.717) is 4.88 Å². The van der Waals surface area contributed by atoms with E-state index in [1.807, 2.05) is 23.9 Å². The van der Waals surface area contributed by atoms with E-state index in [9.17, 15) is 4.79 Å². The molecule has 1 heterocycles. The normalized spacial score (nSPS) is 10.2. The van der Waals surface area contributed by atoms with Crippen LogP contribution in [0.5, 0.6) is 0 Å². The highest BCUT2D eigenvalue weighted by molar-refractivity contribution is 7.99. The average molecular weight is 257 g/mol. The molecule has 1 rings (SSSR count). The van der Waals surface area contributed by atoms with Gasteiger partial charge in [0.15, 0.2) is 0 Å². The number of rotatable bonds is 8. The van der Waals surface area contributed by atoms with Gasteiger partial charge in [-0.1, -0.05) is 6.08 Å². The second-order valence-electron chi connectivity index (χ2n) is 3.11. The summed E-state index contributed by atoms with van der Waals surface area (Å²) in [6.07, 6.45) is 1.89. The lowest BCUT2D eigenvalue weighted by Crippen LogP contribution is -2.15. The first-order valence-electron chi connectivity index (χ1n) is 4.95. The fraction of sp³-hybridized carbons (Fsp3) is 0.364. The molecule has 1 aromatic rings. The summed E-state index contributed by atoms with van der Waals surface area (Å²) >= 11 is 3.15. The van der Waals surface area contributed by atoms with Crippen molar-refractivity contribution < 1.29 is 9.90 Å². The molecular formula is C11H15NO2S2.